The van der Waals surface area contributed by atoms with Crippen LogP contribution in [0.25, 0.3) is 5.65 Å². The number of nitrogens with zero attached hydrogens (tertiary/aromatic N) is 2. The van der Waals surface area contributed by atoms with Crippen molar-refractivity contribution in [2.24, 2.45) is 5.92 Å². The molecule has 2 aromatic heterocycles. The molecule has 1 atom stereocenters. The first-order chi connectivity index (χ1) is 12.1. The highest BCUT2D eigenvalue weighted by Gasteiger charge is 2.21. The van der Waals surface area contributed by atoms with Gasteiger partial charge in [-0.3, -0.25) is 9.20 Å². The molecule has 6 heteroatoms. The average molecular weight is 345 g/mol. The molecule has 0 radical (unpaired) electrons. The number of nitrogens with one attached hydrogen (secondary N) is 1. The van der Waals surface area contributed by atoms with Crippen molar-refractivity contribution in [3.8, 4) is 5.75 Å². The Morgan fingerprint density at radius 2 is 2.20 bits per heavy atom. The molecule has 0 bridgehead atoms. The lowest BCUT2D eigenvalue weighted by Gasteiger charge is -2.21. The molecule has 2 heterocycles. The lowest BCUT2D eigenvalue weighted by atomic mass is 9.90. The van der Waals surface area contributed by atoms with Gasteiger partial charge in [-0.2, -0.15) is 0 Å². The molecule has 0 aliphatic heterocycles. The standard InChI is InChI=1S/C19H27N3O3/c1-13(11-23)20-19(24)17-14(2)21-18-16(9-6-10-22(17)18)25-12-15-7-4-3-5-8-15/h6,9-10,13,15,23H,3-5,7-8,11-12H2,1-2H3,(H,20,24). The van der Waals surface area contributed by atoms with Crippen LogP contribution in [0.1, 0.15) is 55.2 Å². The van der Waals surface area contributed by atoms with E-state index in [2.05, 4.69) is 10.3 Å². The van der Waals surface area contributed by atoms with E-state index in [1.807, 2.05) is 25.3 Å². The monoisotopic (exact) mass is 345 g/mol. The number of aryl methyl sites for hydroxylation is 1. The Bertz CT molecular complexity index is 735. The number of imidazole rings is 1. The summed E-state index contributed by atoms with van der Waals surface area (Å²) in [6.45, 7) is 4.18. The zero-order valence-electron chi connectivity index (χ0n) is 15.0. The summed E-state index contributed by atoms with van der Waals surface area (Å²) in [5.74, 6) is 1.08. The molecule has 0 aromatic carbocycles. The number of carbonyl (C=O) groups is 1. The first kappa shape index (κ1) is 17.7. The third kappa shape index (κ3) is 3.95. The van der Waals surface area contributed by atoms with Crippen LogP contribution in [0.4, 0.5) is 0 Å². The molecule has 136 valence electrons. The fraction of sp³-hybridized carbons (Fsp3) is 0.579. The molecule has 0 saturated heterocycles. The number of fused-ring (bicyclic) bond motifs is 1. The SMILES string of the molecule is Cc1nc2c(OCC3CCCCC3)cccn2c1C(=O)NC(C)CO. The van der Waals surface area contributed by atoms with Gasteiger partial charge in [0.2, 0.25) is 0 Å². The molecule has 6 nitrogen and oxygen atoms in total. The molecule has 1 aliphatic rings. The van der Waals surface area contributed by atoms with Crippen LogP contribution in [0.3, 0.4) is 0 Å². The van der Waals surface area contributed by atoms with Gasteiger partial charge in [-0.05, 0) is 44.7 Å². The van der Waals surface area contributed by atoms with Crippen LogP contribution < -0.4 is 10.1 Å². The molecule has 2 aromatic rings. The van der Waals surface area contributed by atoms with Gasteiger partial charge in [-0.15, -0.1) is 0 Å². The van der Waals surface area contributed by atoms with Gasteiger partial charge in [0.05, 0.1) is 18.9 Å². The Hall–Kier alpha value is -2.08. The third-order valence-electron chi connectivity index (χ3n) is 4.85. The van der Waals surface area contributed by atoms with Crippen molar-refractivity contribution in [3.05, 3.63) is 29.7 Å². The number of carbonyl (C=O) groups excluding carboxylic acids is 1. The fourth-order valence-corrected chi connectivity index (χ4v) is 3.44. The first-order valence-electron chi connectivity index (χ1n) is 9.12. The summed E-state index contributed by atoms with van der Waals surface area (Å²) < 4.78 is 7.82. The summed E-state index contributed by atoms with van der Waals surface area (Å²) >= 11 is 0. The van der Waals surface area contributed by atoms with Crippen molar-refractivity contribution in [2.45, 2.75) is 52.0 Å². The fourth-order valence-electron chi connectivity index (χ4n) is 3.44. The van der Waals surface area contributed by atoms with Crippen molar-refractivity contribution in [2.75, 3.05) is 13.2 Å². The van der Waals surface area contributed by atoms with Gasteiger partial charge in [0.15, 0.2) is 11.4 Å². The van der Waals surface area contributed by atoms with Crippen LogP contribution in [0.5, 0.6) is 5.75 Å². The Kier molecular flexibility index (Phi) is 5.58. The van der Waals surface area contributed by atoms with Gasteiger partial charge in [-0.1, -0.05) is 19.3 Å². The first-order valence-corrected chi connectivity index (χ1v) is 9.12. The smallest absolute Gasteiger partial charge is 0.270 e. The zero-order valence-corrected chi connectivity index (χ0v) is 15.0. The van der Waals surface area contributed by atoms with Gasteiger partial charge in [0, 0.05) is 12.2 Å². The van der Waals surface area contributed by atoms with Crippen LogP contribution >= 0.6 is 0 Å². The number of amides is 1. The molecular formula is C19H27N3O3. The van der Waals surface area contributed by atoms with Crippen molar-refractivity contribution in [3.63, 3.8) is 0 Å². The van der Waals surface area contributed by atoms with E-state index in [1.54, 1.807) is 11.3 Å². The minimum Gasteiger partial charge on any atom is -0.489 e. The van der Waals surface area contributed by atoms with Gasteiger partial charge in [-0.25, -0.2) is 4.98 Å². The summed E-state index contributed by atoms with van der Waals surface area (Å²) in [6.07, 6.45) is 8.17. The zero-order chi connectivity index (χ0) is 17.8. The molecule has 1 amide bonds. The molecule has 1 fully saturated rings. The van der Waals surface area contributed by atoms with Gasteiger partial charge < -0.3 is 15.2 Å². The van der Waals surface area contributed by atoms with E-state index in [1.165, 1.54) is 32.1 Å². The number of ether oxygens (including phenoxy) is 1. The Morgan fingerprint density at radius 1 is 1.44 bits per heavy atom. The second kappa shape index (κ2) is 7.87. The van der Waals surface area contributed by atoms with Crippen molar-refractivity contribution >= 4 is 11.6 Å². The number of pyridine rings is 1. The van der Waals surface area contributed by atoms with E-state index in [0.29, 0.717) is 35.3 Å². The van der Waals surface area contributed by atoms with Crippen LogP contribution in [0.2, 0.25) is 0 Å². The second-order valence-corrected chi connectivity index (χ2v) is 6.98. The molecule has 1 saturated carbocycles. The Labute approximate surface area is 148 Å². The predicted molar refractivity (Wildman–Crippen MR) is 96.0 cm³/mol. The number of aromatic nitrogens is 2. The number of hydrogen-bond acceptors (Lipinski definition) is 4. The highest BCUT2D eigenvalue weighted by atomic mass is 16.5. The molecule has 1 unspecified atom stereocenters. The second-order valence-electron chi connectivity index (χ2n) is 6.98. The predicted octanol–water partition coefficient (Wildman–Crippen LogP) is 2.71. The van der Waals surface area contributed by atoms with Gasteiger partial charge >= 0.3 is 0 Å². The highest BCUT2D eigenvalue weighted by molar-refractivity contribution is 5.95. The van der Waals surface area contributed by atoms with Crippen molar-refractivity contribution in [1.82, 2.24) is 14.7 Å². The molecule has 2 N–H and O–H groups in total. The van der Waals surface area contributed by atoms with E-state index < -0.39 is 0 Å². The maximum absolute atomic E-state index is 12.5. The normalized spacial score (nSPS) is 16.8. The maximum atomic E-state index is 12.5. The van der Waals surface area contributed by atoms with Gasteiger partial charge in [0.25, 0.3) is 5.91 Å². The van der Waals surface area contributed by atoms with E-state index >= 15 is 0 Å². The molecule has 3 rings (SSSR count). The summed E-state index contributed by atoms with van der Waals surface area (Å²) in [5.41, 5.74) is 1.80. The van der Waals surface area contributed by atoms with Crippen molar-refractivity contribution in [1.29, 1.82) is 0 Å². The quantitative estimate of drug-likeness (QED) is 0.844. The van der Waals surface area contributed by atoms with Gasteiger partial charge in [0.1, 0.15) is 5.69 Å². The topological polar surface area (TPSA) is 75.9 Å². The third-order valence-corrected chi connectivity index (χ3v) is 4.85. The number of rotatable bonds is 6. The largest absolute Gasteiger partial charge is 0.489 e. The number of hydrogen-bond donors (Lipinski definition) is 2. The van der Waals surface area contributed by atoms with Crippen LogP contribution in [-0.4, -0.2) is 39.7 Å². The molecular weight excluding hydrogens is 318 g/mol. The Balaban J connectivity index is 1.81. The summed E-state index contributed by atoms with van der Waals surface area (Å²) in [5, 5.41) is 11.9. The molecule has 25 heavy (non-hydrogen) atoms. The number of aliphatic hydroxyl groups excluding tert-OH is 1. The van der Waals surface area contributed by atoms with E-state index in [4.69, 9.17) is 9.84 Å². The highest BCUT2D eigenvalue weighted by Crippen LogP contribution is 2.27. The number of aliphatic hydroxyl groups is 1. The summed E-state index contributed by atoms with van der Waals surface area (Å²) in [4.78, 5) is 17.0. The van der Waals surface area contributed by atoms with E-state index in [0.717, 1.165) is 0 Å². The lowest BCUT2D eigenvalue weighted by molar-refractivity contribution is 0.0915. The van der Waals surface area contributed by atoms with Crippen LogP contribution in [0, 0.1) is 12.8 Å². The van der Waals surface area contributed by atoms with E-state index in [-0.39, 0.29) is 18.6 Å². The molecule has 1 aliphatic carbocycles. The maximum Gasteiger partial charge on any atom is 0.270 e. The minimum absolute atomic E-state index is 0.0999. The molecule has 0 spiro atoms. The van der Waals surface area contributed by atoms with Crippen LogP contribution in [-0.2, 0) is 0 Å². The minimum atomic E-state index is -0.303. The van der Waals surface area contributed by atoms with Crippen molar-refractivity contribution < 1.29 is 14.6 Å². The van der Waals surface area contributed by atoms with E-state index in [9.17, 15) is 4.79 Å². The van der Waals surface area contributed by atoms with Crippen LogP contribution in [0.15, 0.2) is 18.3 Å². The summed E-state index contributed by atoms with van der Waals surface area (Å²) in [7, 11) is 0. The summed E-state index contributed by atoms with van der Waals surface area (Å²) in [6, 6.07) is 3.47. The lowest BCUT2D eigenvalue weighted by Crippen LogP contribution is -2.36. The Morgan fingerprint density at radius 3 is 2.92 bits per heavy atom. The average Bonchev–Trinajstić information content (AvgIpc) is 2.97.